The van der Waals surface area contributed by atoms with Crippen molar-refractivity contribution in [1.29, 1.82) is 0 Å². The van der Waals surface area contributed by atoms with E-state index in [1.54, 1.807) is 13.2 Å². The summed E-state index contributed by atoms with van der Waals surface area (Å²) in [7, 11) is 0. The van der Waals surface area contributed by atoms with Gasteiger partial charge in [0.25, 0.3) is 0 Å². The van der Waals surface area contributed by atoms with Gasteiger partial charge < -0.3 is 14.5 Å². The van der Waals surface area contributed by atoms with Gasteiger partial charge in [-0.15, -0.1) is 0 Å². The Morgan fingerprint density at radius 2 is 2.23 bits per heavy atom. The third-order valence-corrected chi connectivity index (χ3v) is 1.94. The van der Waals surface area contributed by atoms with E-state index < -0.39 is 0 Å². The number of aromatic amines is 1. The van der Waals surface area contributed by atoms with Crippen LogP contribution in [0.5, 0.6) is 5.88 Å². The molecule has 0 saturated heterocycles. The topological polar surface area (TPSA) is 62.1 Å². The number of nitrogens with zero attached hydrogens (tertiary/aromatic N) is 1. The lowest BCUT2D eigenvalue weighted by atomic mass is 10.3. The molecule has 4 heteroatoms. The fourth-order valence-electron chi connectivity index (χ4n) is 1.17. The lowest BCUT2D eigenvalue weighted by Crippen LogP contribution is -1.79. The Hall–Kier alpha value is -1.71. The van der Waals surface area contributed by atoms with E-state index >= 15 is 0 Å². The van der Waals surface area contributed by atoms with Gasteiger partial charge in [0.1, 0.15) is 0 Å². The third-order valence-electron chi connectivity index (χ3n) is 1.94. The van der Waals surface area contributed by atoms with Crippen LogP contribution in [-0.4, -0.2) is 15.1 Å². The predicted molar refractivity (Wildman–Crippen MR) is 47.4 cm³/mol. The van der Waals surface area contributed by atoms with Crippen molar-refractivity contribution >= 4 is 0 Å². The molecule has 0 saturated carbocycles. The first-order chi connectivity index (χ1) is 6.18. The van der Waals surface area contributed by atoms with Crippen molar-refractivity contribution in [1.82, 2.24) is 9.97 Å². The highest BCUT2D eigenvalue weighted by Crippen LogP contribution is 2.24. The molecule has 68 valence electrons. The van der Waals surface area contributed by atoms with E-state index in [-0.39, 0.29) is 5.88 Å². The number of H-pyrrole nitrogens is 1. The lowest BCUT2D eigenvalue weighted by Gasteiger charge is -1.90. The van der Waals surface area contributed by atoms with Gasteiger partial charge in [0, 0.05) is 0 Å². The first kappa shape index (κ1) is 7.91. The highest BCUT2D eigenvalue weighted by atomic mass is 16.3. The molecule has 2 heterocycles. The molecule has 0 amide bonds. The standard InChI is InChI=1S/C9H10N2O2/c1-5-3-4-13-7(5)8-10-6(2)9(12)11-8/h3-4,12H,1-2H3,(H,10,11). The minimum Gasteiger partial charge on any atom is -0.492 e. The zero-order valence-electron chi connectivity index (χ0n) is 7.46. The van der Waals surface area contributed by atoms with E-state index in [0.29, 0.717) is 17.3 Å². The zero-order valence-corrected chi connectivity index (χ0v) is 7.46. The molecule has 2 aromatic heterocycles. The summed E-state index contributed by atoms with van der Waals surface area (Å²) in [6.07, 6.45) is 1.60. The molecule has 0 unspecified atom stereocenters. The fraction of sp³-hybridized carbons (Fsp3) is 0.222. The first-order valence-corrected chi connectivity index (χ1v) is 3.98. The van der Waals surface area contributed by atoms with Crippen LogP contribution >= 0.6 is 0 Å². The van der Waals surface area contributed by atoms with Crippen LogP contribution in [0.1, 0.15) is 11.3 Å². The maximum atomic E-state index is 9.25. The number of furan rings is 1. The van der Waals surface area contributed by atoms with Crippen molar-refractivity contribution in [3.63, 3.8) is 0 Å². The smallest absolute Gasteiger partial charge is 0.232 e. The Balaban J connectivity index is 2.53. The van der Waals surface area contributed by atoms with Crippen molar-refractivity contribution in [2.24, 2.45) is 0 Å². The highest BCUT2D eigenvalue weighted by Gasteiger charge is 2.11. The highest BCUT2D eigenvalue weighted by molar-refractivity contribution is 5.53. The van der Waals surface area contributed by atoms with E-state index in [4.69, 9.17) is 4.42 Å². The second-order valence-electron chi connectivity index (χ2n) is 2.97. The molecule has 0 spiro atoms. The van der Waals surface area contributed by atoms with Gasteiger partial charge in [0.05, 0.1) is 12.0 Å². The maximum Gasteiger partial charge on any atom is 0.232 e. The summed E-state index contributed by atoms with van der Waals surface area (Å²) < 4.78 is 5.21. The Bertz CT molecular complexity index is 409. The molecule has 2 rings (SSSR count). The minimum atomic E-state index is 0.0193. The number of imidazole rings is 1. The van der Waals surface area contributed by atoms with Gasteiger partial charge in [-0.2, -0.15) is 4.98 Å². The molecule has 0 aliphatic rings. The molecular weight excluding hydrogens is 168 g/mol. The van der Waals surface area contributed by atoms with Crippen LogP contribution in [-0.2, 0) is 0 Å². The minimum absolute atomic E-state index is 0.0193. The van der Waals surface area contributed by atoms with Crippen LogP contribution in [0.3, 0.4) is 0 Å². The Morgan fingerprint density at radius 1 is 1.46 bits per heavy atom. The molecule has 0 aliphatic carbocycles. The van der Waals surface area contributed by atoms with E-state index in [2.05, 4.69) is 9.97 Å². The van der Waals surface area contributed by atoms with Gasteiger partial charge >= 0.3 is 0 Å². The number of aryl methyl sites for hydroxylation is 2. The van der Waals surface area contributed by atoms with Crippen molar-refractivity contribution in [3.8, 4) is 17.5 Å². The van der Waals surface area contributed by atoms with Gasteiger partial charge in [-0.25, -0.2) is 0 Å². The molecule has 0 atom stereocenters. The summed E-state index contributed by atoms with van der Waals surface area (Å²) in [5.74, 6) is 1.26. The summed E-state index contributed by atoms with van der Waals surface area (Å²) in [5.41, 5.74) is 1.64. The molecule has 0 aliphatic heterocycles. The monoisotopic (exact) mass is 178 g/mol. The summed E-state index contributed by atoms with van der Waals surface area (Å²) in [6, 6.07) is 1.85. The van der Waals surface area contributed by atoms with Crippen molar-refractivity contribution in [3.05, 3.63) is 23.6 Å². The van der Waals surface area contributed by atoms with Gasteiger partial charge in [-0.1, -0.05) is 0 Å². The Morgan fingerprint density at radius 3 is 2.69 bits per heavy atom. The molecule has 2 N–H and O–H groups in total. The molecule has 0 bridgehead atoms. The lowest BCUT2D eigenvalue weighted by molar-refractivity contribution is 0.452. The molecular formula is C9H10N2O2. The Kier molecular flexibility index (Phi) is 1.62. The number of hydrogen-bond donors (Lipinski definition) is 2. The average molecular weight is 178 g/mol. The molecule has 4 nitrogen and oxygen atoms in total. The van der Waals surface area contributed by atoms with E-state index in [1.807, 2.05) is 13.0 Å². The normalized spacial score (nSPS) is 10.6. The van der Waals surface area contributed by atoms with Gasteiger partial charge in [-0.3, -0.25) is 0 Å². The fourth-order valence-corrected chi connectivity index (χ4v) is 1.17. The zero-order chi connectivity index (χ0) is 9.42. The van der Waals surface area contributed by atoms with Crippen LogP contribution in [0, 0.1) is 13.8 Å². The molecule has 0 fully saturated rings. The van der Waals surface area contributed by atoms with E-state index in [9.17, 15) is 5.11 Å². The van der Waals surface area contributed by atoms with Crippen molar-refractivity contribution < 1.29 is 9.52 Å². The molecule has 0 radical (unpaired) electrons. The van der Waals surface area contributed by atoms with Gasteiger partial charge in [0.15, 0.2) is 11.6 Å². The number of aromatic nitrogens is 2. The quantitative estimate of drug-likeness (QED) is 0.701. The first-order valence-electron chi connectivity index (χ1n) is 3.98. The summed E-state index contributed by atoms with van der Waals surface area (Å²) >= 11 is 0. The van der Waals surface area contributed by atoms with Crippen LogP contribution in [0.25, 0.3) is 11.6 Å². The van der Waals surface area contributed by atoms with Gasteiger partial charge in [0.2, 0.25) is 5.88 Å². The van der Waals surface area contributed by atoms with Crippen LogP contribution < -0.4 is 0 Å². The van der Waals surface area contributed by atoms with Crippen LogP contribution in [0.2, 0.25) is 0 Å². The number of hydrogen-bond acceptors (Lipinski definition) is 3. The van der Waals surface area contributed by atoms with E-state index in [0.717, 1.165) is 5.56 Å². The van der Waals surface area contributed by atoms with Crippen molar-refractivity contribution in [2.45, 2.75) is 13.8 Å². The molecule has 0 aromatic carbocycles. The Labute approximate surface area is 75.2 Å². The van der Waals surface area contributed by atoms with Gasteiger partial charge in [-0.05, 0) is 25.5 Å². The SMILES string of the molecule is Cc1ccoc1-c1nc(O)c(C)[nH]1. The van der Waals surface area contributed by atoms with Crippen LogP contribution in [0.4, 0.5) is 0 Å². The largest absolute Gasteiger partial charge is 0.492 e. The molecule has 13 heavy (non-hydrogen) atoms. The summed E-state index contributed by atoms with van der Waals surface area (Å²) in [6.45, 7) is 3.68. The predicted octanol–water partition coefficient (Wildman–Crippen LogP) is 1.99. The summed E-state index contributed by atoms with van der Waals surface area (Å²) in [5, 5.41) is 9.25. The average Bonchev–Trinajstić information content (AvgIpc) is 2.60. The molecule has 2 aromatic rings. The number of aromatic hydroxyl groups is 1. The second kappa shape index (κ2) is 2.65. The number of rotatable bonds is 1. The second-order valence-corrected chi connectivity index (χ2v) is 2.97. The van der Waals surface area contributed by atoms with Crippen molar-refractivity contribution in [2.75, 3.05) is 0 Å². The van der Waals surface area contributed by atoms with Crippen LogP contribution in [0.15, 0.2) is 16.7 Å². The number of nitrogens with one attached hydrogen (secondary N) is 1. The van der Waals surface area contributed by atoms with E-state index in [1.165, 1.54) is 0 Å². The third kappa shape index (κ3) is 1.20. The summed E-state index contributed by atoms with van der Waals surface area (Å²) in [4.78, 5) is 6.85. The maximum absolute atomic E-state index is 9.25.